The Kier molecular flexibility index (Phi) is 11.2. The van der Waals surface area contributed by atoms with E-state index in [-0.39, 0.29) is 55.3 Å². The first kappa shape index (κ1) is 31.7. The third-order valence-corrected chi connectivity index (χ3v) is 8.08. The molecule has 0 amide bonds. The number of pyridine rings is 1. The number of carbonyl (C=O) groups is 1. The summed E-state index contributed by atoms with van der Waals surface area (Å²) in [6.07, 6.45) is -4.61. The van der Waals surface area contributed by atoms with E-state index in [2.05, 4.69) is 10.3 Å². The SMILES string of the molecule is CN(CCO)[C@H]1C[C@@H](C(F)(F)F)CC[C@@H]1Nc1cc(F)c(S(=O)(=O)Cc2cccc(F)n2)cc1Cl.O=CO. The minimum Gasteiger partial charge on any atom is -0.483 e. The summed E-state index contributed by atoms with van der Waals surface area (Å²) in [6, 6.07) is 4.22. The lowest BCUT2D eigenvalue weighted by molar-refractivity contribution is -0.187. The summed E-state index contributed by atoms with van der Waals surface area (Å²) >= 11 is 6.24. The second kappa shape index (κ2) is 13.5. The molecule has 0 spiro atoms. The van der Waals surface area contributed by atoms with Crippen molar-refractivity contribution in [3.8, 4) is 0 Å². The highest BCUT2D eigenvalue weighted by molar-refractivity contribution is 7.90. The van der Waals surface area contributed by atoms with Gasteiger partial charge in [0.05, 0.1) is 34.7 Å². The van der Waals surface area contributed by atoms with E-state index in [1.54, 1.807) is 11.9 Å². The number of aliphatic hydroxyl groups is 1. The van der Waals surface area contributed by atoms with Crippen molar-refractivity contribution in [2.75, 3.05) is 25.5 Å². The average Bonchev–Trinajstić information content (AvgIpc) is 2.81. The van der Waals surface area contributed by atoms with Gasteiger partial charge in [-0.3, -0.25) is 9.69 Å². The van der Waals surface area contributed by atoms with E-state index in [4.69, 9.17) is 21.5 Å². The fourth-order valence-corrected chi connectivity index (χ4v) is 5.95. The molecule has 1 aromatic heterocycles. The van der Waals surface area contributed by atoms with Gasteiger partial charge in [-0.15, -0.1) is 0 Å². The highest BCUT2D eigenvalue weighted by Gasteiger charge is 2.46. The molecular weight excluding hydrogens is 561 g/mol. The summed E-state index contributed by atoms with van der Waals surface area (Å²) < 4.78 is 93.6. The van der Waals surface area contributed by atoms with Gasteiger partial charge in [0.15, 0.2) is 9.84 Å². The Morgan fingerprint density at radius 2 is 1.89 bits per heavy atom. The summed E-state index contributed by atoms with van der Waals surface area (Å²) in [4.78, 5) is 12.7. The highest BCUT2D eigenvalue weighted by Crippen LogP contribution is 2.40. The molecule has 15 heteroatoms. The van der Waals surface area contributed by atoms with Crippen LogP contribution in [0, 0.1) is 17.7 Å². The number of aliphatic hydroxyl groups excluding tert-OH is 1. The maximum absolute atomic E-state index is 14.9. The van der Waals surface area contributed by atoms with E-state index in [0.29, 0.717) is 0 Å². The van der Waals surface area contributed by atoms with Crippen LogP contribution in [-0.2, 0) is 20.4 Å². The largest absolute Gasteiger partial charge is 0.483 e. The van der Waals surface area contributed by atoms with E-state index in [1.165, 1.54) is 12.1 Å². The zero-order valence-electron chi connectivity index (χ0n) is 20.1. The first-order valence-corrected chi connectivity index (χ1v) is 13.3. The zero-order valence-corrected chi connectivity index (χ0v) is 21.7. The van der Waals surface area contributed by atoms with Crippen molar-refractivity contribution in [2.24, 2.45) is 5.92 Å². The topological polar surface area (TPSA) is 120 Å². The van der Waals surface area contributed by atoms with Crippen LogP contribution in [0.3, 0.4) is 0 Å². The number of likely N-dealkylation sites (N-methyl/N-ethyl adjacent to an activating group) is 1. The van der Waals surface area contributed by atoms with E-state index in [0.717, 1.165) is 18.2 Å². The fourth-order valence-electron chi connectivity index (χ4n) is 4.30. The molecule has 212 valence electrons. The average molecular weight is 588 g/mol. The summed E-state index contributed by atoms with van der Waals surface area (Å²) in [6.45, 7) is -0.362. The van der Waals surface area contributed by atoms with Gasteiger partial charge < -0.3 is 15.5 Å². The van der Waals surface area contributed by atoms with Crippen LogP contribution in [-0.4, -0.2) is 73.4 Å². The van der Waals surface area contributed by atoms with E-state index in [1.807, 2.05) is 0 Å². The molecule has 0 radical (unpaired) electrons. The number of hydrogen-bond acceptors (Lipinski definition) is 7. The molecule has 3 N–H and O–H groups in total. The van der Waals surface area contributed by atoms with Crippen LogP contribution in [0.1, 0.15) is 25.0 Å². The Morgan fingerprint density at radius 1 is 1.24 bits per heavy atom. The smallest absolute Gasteiger partial charge is 0.391 e. The lowest BCUT2D eigenvalue weighted by Gasteiger charge is -2.42. The van der Waals surface area contributed by atoms with Gasteiger partial charge in [-0.25, -0.2) is 17.8 Å². The molecule has 0 aliphatic heterocycles. The number of anilines is 1. The lowest BCUT2D eigenvalue weighted by atomic mass is 9.81. The number of sulfone groups is 1. The minimum atomic E-state index is -4.36. The Bertz CT molecular complexity index is 1200. The number of halogens is 6. The number of benzene rings is 1. The number of rotatable bonds is 8. The second-order valence-corrected chi connectivity index (χ2v) is 11.0. The minimum absolute atomic E-state index is 0.0323. The van der Waals surface area contributed by atoms with Gasteiger partial charge in [-0.05, 0) is 50.6 Å². The number of hydrogen-bond donors (Lipinski definition) is 3. The van der Waals surface area contributed by atoms with Gasteiger partial charge >= 0.3 is 6.18 Å². The van der Waals surface area contributed by atoms with Crippen molar-refractivity contribution in [3.05, 3.63) is 52.8 Å². The molecule has 0 bridgehead atoms. The molecule has 2 aromatic rings. The van der Waals surface area contributed by atoms with Gasteiger partial charge in [-0.2, -0.15) is 17.6 Å². The molecule has 0 saturated heterocycles. The third kappa shape index (κ3) is 8.48. The summed E-state index contributed by atoms with van der Waals surface area (Å²) in [5.74, 6) is -4.25. The van der Waals surface area contributed by atoms with Crippen molar-refractivity contribution < 1.29 is 45.4 Å². The normalized spacial score (nSPS) is 20.0. The molecule has 1 aromatic carbocycles. The van der Waals surface area contributed by atoms with Crippen molar-refractivity contribution in [2.45, 2.75) is 48.2 Å². The Balaban J connectivity index is 0.00000161. The summed E-state index contributed by atoms with van der Waals surface area (Å²) in [5, 5.41) is 19.0. The zero-order chi connectivity index (χ0) is 28.7. The number of nitrogens with one attached hydrogen (secondary N) is 1. The first-order valence-electron chi connectivity index (χ1n) is 11.3. The van der Waals surface area contributed by atoms with Crippen molar-refractivity contribution in [1.29, 1.82) is 0 Å². The Morgan fingerprint density at radius 3 is 2.47 bits per heavy atom. The van der Waals surface area contributed by atoms with E-state index in [9.17, 15) is 35.5 Å². The van der Waals surface area contributed by atoms with Gasteiger partial charge in [0.25, 0.3) is 6.47 Å². The molecule has 8 nitrogen and oxygen atoms in total. The molecule has 1 aliphatic carbocycles. The standard InChI is InChI=1S/C22H25ClF5N3O3S.CH2O2/c1-31(7-8-32)19-9-13(22(26,27)28)5-6-17(19)30-18-11-16(24)20(10-15(18)23)35(33,34)12-14-3-2-4-21(25)29-14;2-1-3/h2-4,10-11,13,17,19,30,32H,5-9,12H2,1H3;1H,(H,2,3)/t13-,17-,19-;/m0./s1. The van der Waals surface area contributed by atoms with Crippen molar-refractivity contribution in [3.63, 3.8) is 0 Å². The maximum atomic E-state index is 14.9. The van der Waals surface area contributed by atoms with Crippen LogP contribution in [0.2, 0.25) is 5.02 Å². The van der Waals surface area contributed by atoms with Crippen LogP contribution in [0.25, 0.3) is 0 Å². The van der Waals surface area contributed by atoms with Gasteiger partial charge in [0, 0.05) is 18.6 Å². The molecule has 1 fully saturated rings. The van der Waals surface area contributed by atoms with Crippen LogP contribution in [0.4, 0.5) is 27.6 Å². The molecule has 0 unspecified atom stereocenters. The monoisotopic (exact) mass is 587 g/mol. The molecule has 38 heavy (non-hydrogen) atoms. The highest BCUT2D eigenvalue weighted by atomic mass is 35.5. The van der Waals surface area contributed by atoms with Crippen LogP contribution < -0.4 is 5.32 Å². The predicted octanol–water partition coefficient (Wildman–Crippen LogP) is 4.12. The molecular formula is C23H27ClF5N3O5S. The van der Waals surface area contributed by atoms with Crippen LogP contribution >= 0.6 is 11.6 Å². The van der Waals surface area contributed by atoms with E-state index < -0.39 is 56.4 Å². The first-order chi connectivity index (χ1) is 17.7. The summed E-state index contributed by atoms with van der Waals surface area (Å²) in [7, 11) is -2.68. The molecule has 1 heterocycles. The third-order valence-electron chi connectivity index (χ3n) is 6.11. The van der Waals surface area contributed by atoms with Gasteiger partial charge in [0.1, 0.15) is 10.7 Å². The fraction of sp³-hybridized carbons (Fsp3) is 0.478. The van der Waals surface area contributed by atoms with Gasteiger partial charge in [-0.1, -0.05) is 17.7 Å². The molecule has 1 saturated carbocycles. The number of alkyl halides is 3. The quantitative estimate of drug-likeness (QED) is 0.240. The van der Waals surface area contributed by atoms with Crippen molar-refractivity contribution in [1.82, 2.24) is 9.88 Å². The predicted molar refractivity (Wildman–Crippen MR) is 129 cm³/mol. The van der Waals surface area contributed by atoms with Gasteiger partial charge in [0.2, 0.25) is 5.95 Å². The van der Waals surface area contributed by atoms with Crippen LogP contribution in [0.5, 0.6) is 0 Å². The second-order valence-electron chi connectivity index (χ2n) is 8.65. The molecule has 3 atom stereocenters. The Hall–Kier alpha value is -2.55. The molecule has 3 rings (SSSR count). The maximum Gasteiger partial charge on any atom is 0.391 e. The lowest BCUT2D eigenvalue weighted by Crippen LogP contribution is -2.51. The Labute approximate surface area is 221 Å². The van der Waals surface area contributed by atoms with Crippen molar-refractivity contribution >= 4 is 33.6 Å². The number of carboxylic acid groups (broad SMARTS) is 1. The summed E-state index contributed by atoms with van der Waals surface area (Å²) in [5.41, 5.74) is -0.0798. The number of aromatic nitrogens is 1. The number of nitrogens with zero attached hydrogens (tertiary/aromatic N) is 2. The molecule has 1 aliphatic rings. The van der Waals surface area contributed by atoms with Crippen LogP contribution in [0.15, 0.2) is 35.2 Å². The van der Waals surface area contributed by atoms with E-state index >= 15 is 0 Å².